The predicted molar refractivity (Wildman–Crippen MR) is 146 cm³/mol. The number of aromatic amines is 1. The first-order valence-corrected chi connectivity index (χ1v) is 12.4. The molecule has 0 spiro atoms. The van der Waals surface area contributed by atoms with Crippen molar-refractivity contribution in [1.29, 1.82) is 0 Å². The van der Waals surface area contributed by atoms with E-state index in [1.165, 1.54) is 42.7 Å². The zero-order valence-corrected chi connectivity index (χ0v) is 21.4. The van der Waals surface area contributed by atoms with Crippen LogP contribution in [0.2, 0.25) is 0 Å². The van der Waals surface area contributed by atoms with Crippen molar-refractivity contribution in [3.8, 4) is 17.2 Å². The lowest BCUT2D eigenvalue weighted by atomic mass is 10.1. The number of amides is 1. The maximum atomic E-state index is 14.9. The van der Waals surface area contributed by atoms with E-state index in [-0.39, 0.29) is 28.3 Å². The molecule has 0 atom stereocenters. The van der Waals surface area contributed by atoms with Gasteiger partial charge in [-0.25, -0.2) is 18.7 Å². The summed E-state index contributed by atoms with van der Waals surface area (Å²) >= 11 is 3.20. The number of halogens is 3. The number of rotatable bonds is 5. The first kappa shape index (κ1) is 24.4. The van der Waals surface area contributed by atoms with E-state index in [0.29, 0.717) is 26.6 Å². The molecule has 8 nitrogen and oxygen atoms in total. The summed E-state index contributed by atoms with van der Waals surface area (Å²) in [6.45, 7) is 0. The van der Waals surface area contributed by atoms with Crippen LogP contribution in [0.3, 0.4) is 0 Å². The molecular weight excluding hydrogens is 572 g/mol. The minimum absolute atomic E-state index is 0.0634. The number of aromatic nitrogens is 4. The molecule has 0 aliphatic carbocycles. The van der Waals surface area contributed by atoms with Gasteiger partial charge in [0, 0.05) is 40.2 Å². The molecule has 0 aliphatic heterocycles. The van der Waals surface area contributed by atoms with Crippen LogP contribution >= 0.6 is 15.9 Å². The summed E-state index contributed by atoms with van der Waals surface area (Å²) in [5.41, 5.74) is -0.254. The van der Waals surface area contributed by atoms with Crippen LogP contribution < -0.4 is 15.6 Å². The van der Waals surface area contributed by atoms with Crippen molar-refractivity contribution in [2.24, 2.45) is 0 Å². The number of H-pyrrole nitrogens is 1. The molecule has 192 valence electrons. The number of hydrogen-bond donors (Lipinski definition) is 2. The summed E-state index contributed by atoms with van der Waals surface area (Å²) in [6.07, 6.45) is 4.70. The number of carbonyl (C=O) groups is 1. The van der Waals surface area contributed by atoms with Gasteiger partial charge in [-0.3, -0.25) is 14.2 Å². The second-order valence-electron chi connectivity index (χ2n) is 8.46. The predicted octanol–water partition coefficient (Wildman–Crippen LogP) is 6.35. The molecule has 0 fully saturated rings. The van der Waals surface area contributed by atoms with Crippen molar-refractivity contribution in [1.82, 2.24) is 19.5 Å². The number of nitrogens with zero attached hydrogens (tertiary/aromatic N) is 3. The van der Waals surface area contributed by atoms with E-state index in [1.807, 2.05) is 0 Å². The Labute approximate surface area is 227 Å². The molecule has 6 rings (SSSR count). The molecule has 2 aromatic carbocycles. The van der Waals surface area contributed by atoms with Crippen molar-refractivity contribution in [3.05, 3.63) is 117 Å². The topological polar surface area (TPSA) is 102 Å². The Morgan fingerprint density at radius 1 is 0.949 bits per heavy atom. The average molecular weight is 588 g/mol. The Hall–Kier alpha value is -4.90. The number of fused-ring (bicyclic) bond motifs is 2. The van der Waals surface area contributed by atoms with Crippen molar-refractivity contribution in [2.75, 3.05) is 5.32 Å². The highest BCUT2D eigenvalue weighted by Gasteiger charge is 2.20. The molecule has 6 aromatic rings. The van der Waals surface area contributed by atoms with Gasteiger partial charge in [0.15, 0.2) is 11.6 Å². The van der Waals surface area contributed by atoms with E-state index in [1.54, 1.807) is 36.5 Å². The monoisotopic (exact) mass is 587 g/mol. The van der Waals surface area contributed by atoms with Crippen LogP contribution in [0.4, 0.5) is 14.5 Å². The summed E-state index contributed by atoms with van der Waals surface area (Å²) in [6, 6.07) is 16.1. The normalized spacial score (nSPS) is 11.2. The van der Waals surface area contributed by atoms with Gasteiger partial charge >= 0.3 is 0 Å². The molecule has 11 heteroatoms. The fourth-order valence-corrected chi connectivity index (χ4v) is 4.53. The molecule has 0 unspecified atom stereocenters. The third kappa shape index (κ3) is 4.53. The number of nitrogens with one attached hydrogen (secondary N) is 2. The first-order valence-electron chi connectivity index (χ1n) is 11.6. The number of pyridine rings is 3. The quantitative estimate of drug-likeness (QED) is 0.245. The van der Waals surface area contributed by atoms with E-state index in [4.69, 9.17) is 4.74 Å². The van der Waals surface area contributed by atoms with Crippen molar-refractivity contribution in [3.63, 3.8) is 0 Å². The van der Waals surface area contributed by atoms with Gasteiger partial charge in [-0.15, -0.1) is 0 Å². The third-order valence-corrected chi connectivity index (χ3v) is 6.48. The van der Waals surface area contributed by atoms with Gasteiger partial charge in [0.05, 0.1) is 11.1 Å². The molecule has 0 aliphatic rings. The number of ether oxygens (including phenoxy) is 1. The van der Waals surface area contributed by atoms with Crippen molar-refractivity contribution < 1.29 is 18.3 Å². The molecule has 0 radical (unpaired) electrons. The Morgan fingerprint density at radius 3 is 2.64 bits per heavy atom. The molecule has 2 N–H and O–H groups in total. The van der Waals surface area contributed by atoms with E-state index < -0.39 is 23.1 Å². The van der Waals surface area contributed by atoms with Gasteiger partial charge in [-0.05, 0) is 60.7 Å². The molecule has 4 heterocycles. The molecular formula is C28H16BrF2N5O3. The summed E-state index contributed by atoms with van der Waals surface area (Å²) < 4.78 is 37.1. The van der Waals surface area contributed by atoms with Gasteiger partial charge in [0.25, 0.3) is 11.5 Å². The Balaban J connectivity index is 1.34. The highest BCUT2D eigenvalue weighted by atomic mass is 79.9. The van der Waals surface area contributed by atoms with Crippen LogP contribution in [0.15, 0.2) is 94.6 Å². The van der Waals surface area contributed by atoms with Crippen LogP contribution in [0, 0.1) is 11.6 Å². The van der Waals surface area contributed by atoms with Gasteiger partial charge in [-0.1, -0.05) is 15.9 Å². The largest absolute Gasteiger partial charge is 0.453 e. The molecule has 0 bridgehead atoms. The minimum atomic E-state index is -0.798. The van der Waals surface area contributed by atoms with E-state index in [2.05, 4.69) is 36.2 Å². The summed E-state index contributed by atoms with van der Waals surface area (Å²) in [7, 11) is 0. The Kier molecular flexibility index (Phi) is 6.12. The first-order chi connectivity index (χ1) is 18.9. The van der Waals surface area contributed by atoms with Crippen LogP contribution in [-0.2, 0) is 0 Å². The molecule has 39 heavy (non-hydrogen) atoms. The molecule has 4 aromatic heterocycles. The highest BCUT2D eigenvalue weighted by Crippen LogP contribution is 2.31. The SMILES string of the molecule is O=C(Nc1ccc(Oc2ccnc3[nH]ccc23)c(F)c1)c1cc2cccnc2n(-c2ccc(Br)cc2F)c1=O. The molecule has 0 saturated carbocycles. The van der Waals surface area contributed by atoms with E-state index in [0.717, 1.165) is 10.6 Å². The smallest absolute Gasteiger partial charge is 0.269 e. The summed E-state index contributed by atoms with van der Waals surface area (Å²) in [5.74, 6) is -1.87. The third-order valence-electron chi connectivity index (χ3n) is 5.99. The average Bonchev–Trinajstić information content (AvgIpc) is 3.40. The summed E-state index contributed by atoms with van der Waals surface area (Å²) in [5, 5.41) is 3.66. The minimum Gasteiger partial charge on any atom is -0.453 e. The maximum absolute atomic E-state index is 14.9. The second-order valence-corrected chi connectivity index (χ2v) is 9.38. The van der Waals surface area contributed by atoms with Crippen LogP contribution in [0.5, 0.6) is 11.5 Å². The number of benzene rings is 2. The lowest BCUT2D eigenvalue weighted by Crippen LogP contribution is -2.29. The standard InChI is InChI=1S/C28H16BrF2N5O3/c29-16-3-5-22(20(30)13-16)36-26-15(2-1-9-34-26)12-19(28(36)38)27(37)35-17-4-6-24(21(31)14-17)39-23-8-11-33-25-18(23)7-10-32-25/h1-14H,(H,32,33)(H,35,37). The number of carbonyl (C=O) groups excluding carboxylic acids is 1. The highest BCUT2D eigenvalue weighted by molar-refractivity contribution is 9.10. The lowest BCUT2D eigenvalue weighted by molar-refractivity contribution is 0.102. The summed E-state index contributed by atoms with van der Waals surface area (Å²) in [4.78, 5) is 38.0. The molecule has 0 saturated heterocycles. The van der Waals surface area contributed by atoms with Crippen LogP contribution in [0.25, 0.3) is 27.8 Å². The number of anilines is 1. The lowest BCUT2D eigenvalue weighted by Gasteiger charge is -2.14. The molecule has 1 amide bonds. The van der Waals surface area contributed by atoms with Crippen LogP contribution in [-0.4, -0.2) is 25.4 Å². The Morgan fingerprint density at radius 2 is 1.82 bits per heavy atom. The van der Waals surface area contributed by atoms with Crippen molar-refractivity contribution >= 4 is 49.6 Å². The van der Waals surface area contributed by atoms with Crippen LogP contribution in [0.1, 0.15) is 10.4 Å². The van der Waals surface area contributed by atoms with E-state index >= 15 is 0 Å². The Bertz CT molecular complexity index is 1970. The second kappa shape index (κ2) is 9.76. The van der Waals surface area contributed by atoms with Gasteiger partial charge in [0.2, 0.25) is 0 Å². The van der Waals surface area contributed by atoms with Gasteiger partial charge < -0.3 is 15.0 Å². The number of hydrogen-bond acceptors (Lipinski definition) is 5. The van der Waals surface area contributed by atoms with Gasteiger partial charge in [0.1, 0.15) is 28.4 Å². The zero-order chi connectivity index (χ0) is 27.1. The fourth-order valence-electron chi connectivity index (χ4n) is 4.19. The fraction of sp³-hybridized carbons (Fsp3) is 0. The zero-order valence-electron chi connectivity index (χ0n) is 19.8. The maximum Gasteiger partial charge on any atom is 0.269 e. The van der Waals surface area contributed by atoms with E-state index in [9.17, 15) is 18.4 Å². The van der Waals surface area contributed by atoms with Gasteiger partial charge in [-0.2, -0.15) is 0 Å². The van der Waals surface area contributed by atoms with Crippen molar-refractivity contribution in [2.45, 2.75) is 0 Å².